The highest BCUT2D eigenvalue weighted by atomic mass is 79.9. The fourth-order valence-corrected chi connectivity index (χ4v) is 3.19. The molecule has 100 valence electrons. The van der Waals surface area contributed by atoms with E-state index in [-0.39, 0.29) is 0 Å². The van der Waals surface area contributed by atoms with Crippen LogP contribution in [0.1, 0.15) is 38.5 Å². The zero-order valence-corrected chi connectivity index (χ0v) is 12.4. The van der Waals surface area contributed by atoms with Gasteiger partial charge in [-0.1, -0.05) is 19.3 Å². The highest BCUT2D eigenvalue weighted by molar-refractivity contribution is 9.10. The first-order valence-electron chi connectivity index (χ1n) is 6.90. The van der Waals surface area contributed by atoms with E-state index in [1.54, 1.807) is 0 Å². The quantitative estimate of drug-likeness (QED) is 0.907. The number of pyridine rings is 1. The van der Waals surface area contributed by atoms with E-state index in [1.807, 2.05) is 12.3 Å². The van der Waals surface area contributed by atoms with Crippen molar-refractivity contribution in [2.45, 2.75) is 44.6 Å². The summed E-state index contributed by atoms with van der Waals surface area (Å²) in [5, 5.41) is 0. The van der Waals surface area contributed by atoms with Crippen LogP contribution in [0.3, 0.4) is 0 Å². The van der Waals surface area contributed by atoms with Crippen molar-refractivity contribution in [3.8, 4) is 0 Å². The van der Waals surface area contributed by atoms with E-state index in [0.29, 0.717) is 6.04 Å². The van der Waals surface area contributed by atoms with E-state index >= 15 is 0 Å². The average Bonchev–Trinajstić information content (AvgIpc) is 2.42. The molecule has 1 aliphatic carbocycles. The fraction of sp³-hybridized carbons (Fsp3) is 0.643. The first kappa shape index (κ1) is 13.8. The van der Waals surface area contributed by atoms with Gasteiger partial charge in [0.2, 0.25) is 0 Å². The molecule has 1 saturated carbocycles. The molecular weight excluding hydrogens is 290 g/mol. The lowest BCUT2D eigenvalue weighted by Gasteiger charge is -2.35. The molecule has 0 unspecified atom stereocenters. The van der Waals surface area contributed by atoms with Crippen molar-refractivity contribution < 1.29 is 0 Å². The van der Waals surface area contributed by atoms with Crippen LogP contribution in [0.5, 0.6) is 0 Å². The number of aromatic nitrogens is 1. The Labute approximate surface area is 118 Å². The van der Waals surface area contributed by atoms with Crippen LogP contribution in [0.4, 0.5) is 5.82 Å². The second-order valence-electron chi connectivity index (χ2n) is 4.94. The van der Waals surface area contributed by atoms with Gasteiger partial charge in [-0.25, -0.2) is 4.98 Å². The number of nitrogens with two attached hydrogens (primary N) is 1. The molecule has 2 rings (SSSR count). The van der Waals surface area contributed by atoms with Gasteiger partial charge in [-0.15, -0.1) is 0 Å². The van der Waals surface area contributed by atoms with Gasteiger partial charge >= 0.3 is 0 Å². The van der Waals surface area contributed by atoms with Crippen molar-refractivity contribution in [1.82, 2.24) is 4.98 Å². The van der Waals surface area contributed by atoms with Gasteiger partial charge in [0.05, 0.1) is 4.47 Å². The second-order valence-corrected chi connectivity index (χ2v) is 5.79. The normalized spacial score (nSPS) is 16.8. The standard InChI is InChI=1S/C14H22BrN3/c15-13-8-4-10-17-14(13)18(11-5-9-16)12-6-2-1-3-7-12/h4,8,10,12H,1-3,5-7,9,11,16H2. The molecule has 0 radical (unpaired) electrons. The molecule has 1 aromatic rings. The molecule has 1 aliphatic rings. The topological polar surface area (TPSA) is 42.1 Å². The van der Waals surface area contributed by atoms with Gasteiger partial charge < -0.3 is 10.6 Å². The third kappa shape index (κ3) is 3.45. The largest absolute Gasteiger partial charge is 0.353 e. The van der Waals surface area contributed by atoms with Crippen molar-refractivity contribution in [2.75, 3.05) is 18.0 Å². The van der Waals surface area contributed by atoms with Gasteiger partial charge in [-0.05, 0) is 53.9 Å². The molecule has 0 spiro atoms. The summed E-state index contributed by atoms with van der Waals surface area (Å²) < 4.78 is 1.09. The monoisotopic (exact) mass is 311 g/mol. The summed E-state index contributed by atoms with van der Waals surface area (Å²) in [5.74, 6) is 1.08. The van der Waals surface area contributed by atoms with E-state index in [4.69, 9.17) is 5.73 Å². The lowest BCUT2D eigenvalue weighted by molar-refractivity contribution is 0.411. The molecule has 3 nitrogen and oxygen atoms in total. The van der Waals surface area contributed by atoms with Gasteiger partial charge in [-0.3, -0.25) is 0 Å². The number of halogens is 1. The van der Waals surface area contributed by atoms with Crippen molar-refractivity contribution in [2.24, 2.45) is 5.73 Å². The summed E-state index contributed by atoms with van der Waals surface area (Å²) in [6.07, 6.45) is 9.53. The zero-order valence-electron chi connectivity index (χ0n) is 10.8. The molecule has 1 fully saturated rings. The maximum absolute atomic E-state index is 5.66. The molecule has 0 saturated heterocycles. The Balaban J connectivity index is 2.15. The average molecular weight is 312 g/mol. The fourth-order valence-electron chi connectivity index (χ4n) is 2.70. The molecule has 4 heteroatoms. The summed E-state index contributed by atoms with van der Waals surface area (Å²) in [6, 6.07) is 4.67. The zero-order chi connectivity index (χ0) is 12.8. The lowest BCUT2D eigenvalue weighted by Crippen LogP contribution is -2.39. The SMILES string of the molecule is NCCCN(c1ncccc1Br)C1CCCCC1. The summed E-state index contributed by atoms with van der Waals surface area (Å²) in [5.41, 5.74) is 5.66. The van der Waals surface area contributed by atoms with E-state index < -0.39 is 0 Å². The molecule has 0 amide bonds. The maximum Gasteiger partial charge on any atom is 0.143 e. The second kappa shape index (κ2) is 7.10. The van der Waals surface area contributed by atoms with Crippen LogP contribution in [0, 0.1) is 0 Å². The summed E-state index contributed by atoms with van der Waals surface area (Å²) in [4.78, 5) is 7.00. The smallest absolute Gasteiger partial charge is 0.143 e. The molecule has 0 aliphatic heterocycles. The first-order chi connectivity index (χ1) is 8.83. The van der Waals surface area contributed by atoms with Crippen molar-refractivity contribution in [1.29, 1.82) is 0 Å². The lowest BCUT2D eigenvalue weighted by atomic mass is 9.94. The van der Waals surface area contributed by atoms with E-state index in [0.717, 1.165) is 29.8 Å². The Kier molecular flexibility index (Phi) is 5.45. The van der Waals surface area contributed by atoms with Crippen LogP contribution < -0.4 is 10.6 Å². The minimum Gasteiger partial charge on any atom is -0.353 e. The third-order valence-corrected chi connectivity index (χ3v) is 4.25. The van der Waals surface area contributed by atoms with Crippen molar-refractivity contribution in [3.05, 3.63) is 22.8 Å². The van der Waals surface area contributed by atoms with Crippen LogP contribution in [-0.2, 0) is 0 Å². The Morgan fingerprint density at radius 3 is 2.78 bits per heavy atom. The highest BCUT2D eigenvalue weighted by Gasteiger charge is 2.23. The molecule has 0 aromatic carbocycles. The molecular formula is C14H22BrN3. The first-order valence-corrected chi connectivity index (χ1v) is 7.69. The van der Waals surface area contributed by atoms with Crippen LogP contribution in [0.2, 0.25) is 0 Å². The molecule has 0 bridgehead atoms. The predicted molar refractivity (Wildman–Crippen MR) is 79.8 cm³/mol. The minimum absolute atomic E-state index is 0.636. The Hall–Kier alpha value is -0.610. The van der Waals surface area contributed by atoms with E-state index in [2.05, 4.69) is 31.9 Å². The van der Waals surface area contributed by atoms with Crippen LogP contribution >= 0.6 is 15.9 Å². The van der Waals surface area contributed by atoms with E-state index in [9.17, 15) is 0 Å². The van der Waals surface area contributed by atoms with E-state index in [1.165, 1.54) is 32.1 Å². The summed E-state index contributed by atoms with van der Waals surface area (Å²) in [6.45, 7) is 1.75. The molecule has 1 heterocycles. The van der Waals surface area contributed by atoms with Gasteiger partial charge in [-0.2, -0.15) is 0 Å². The Bertz CT molecular complexity index is 364. The van der Waals surface area contributed by atoms with Crippen molar-refractivity contribution >= 4 is 21.7 Å². The minimum atomic E-state index is 0.636. The van der Waals surface area contributed by atoms with Gasteiger partial charge in [0.15, 0.2) is 0 Å². The molecule has 0 atom stereocenters. The van der Waals surface area contributed by atoms with Crippen molar-refractivity contribution in [3.63, 3.8) is 0 Å². The maximum atomic E-state index is 5.66. The number of anilines is 1. The van der Waals surface area contributed by atoms with Crippen LogP contribution in [0.15, 0.2) is 22.8 Å². The number of rotatable bonds is 5. The number of hydrogen-bond acceptors (Lipinski definition) is 3. The number of nitrogens with zero attached hydrogens (tertiary/aromatic N) is 2. The summed E-state index contributed by atoms with van der Waals surface area (Å²) in [7, 11) is 0. The van der Waals surface area contributed by atoms with Gasteiger partial charge in [0, 0.05) is 18.8 Å². The molecule has 2 N–H and O–H groups in total. The van der Waals surface area contributed by atoms with Crippen LogP contribution in [-0.4, -0.2) is 24.1 Å². The van der Waals surface area contributed by atoms with Gasteiger partial charge in [0.25, 0.3) is 0 Å². The highest BCUT2D eigenvalue weighted by Crippen LogP contribution is 2.30. The van der Waals surface area contributed by atoms with Crippen LogP contribution in [0.25, 0.3) is 0 Å². The predicted octanol–water partition coefficient (Wildman–Crippen LogP) is 3.33. The number of hydrogen-bond donors (Lipinski definition) is 1. The van der Waals surface area contributed by atoms with Gasteiger partial charge in [0.1, 0.15) is 5.82 Å². The Morgan fingerprint density at radius 1 is 1.33 bits per heavy atom. The Morgan fingerprint density at radius 2 is 2.11 bits per heavy atom. The summed E-state index contributed by atoms with van der Waals surface area (Å²) >= 11 is 3.62. The third-order valence-electron chi connectivity index (χ3n) is 3.63. The molecule has 1 aromatic heterocycles. The molecule has 18 heavy (non-hydrogen) atoms.